The molecule has 1 aromatic rings. The van der Waals surface area contributed by atoms with Crippen LogP contribution < -0.4 is 10.6 Å². The largest absolute Gasteiger partial charge is 0.384 e. The Balaban J connectivity index is 2.52. The molecule has 0 heterocycles. The standard InChI is InChI=1S/C14H20N2O2/c1-10(2)14(18)16-13-6-4-12(5-7-13)15-8-11(3)9-17/h4-7,9-11,15H,8H2,1-3H3,(H,16,18). The molecule has 0 radical (unpaired) electrons. The fourth-order valence-corrected chi connectivity index (χ4v) is 1.28. The third-order valence-corrected chi connectivity index (χ3v) is 2.54. The Morgan fingerprint density at radius 1 is 1.17 bits per heavy atom. The van der Waals surface area contributed by atoms with Gasteiger partial charge in [-0.2, -0.15) is 0 Å². The summed E-state index contributed by atoms with van der Waals surface area (Å²) in [5.41, 5.74) is 1.72. The van der Waals surface area contributed by atoms with Crippen molar-refractivity contribution in [2.75, 3.05) is 17.2 Å². The first kappa shape index (κ1) is 14.2. The minimum atomic E-state index is -0.0313. The molecule has 1 atom stereocenters. The molecule has 4 heteroatoms. The Labute approximate surface area is 108 Å². The Morgan fingerprint density at radius 2 is 1.72 bits per heavy atom. The quantitative estimate of drug-likeness (QED) is 0.760. The second kappa shape index (κ2) is 6.79. The molecule has 98 valence electrons. The molecule has 0 aliphatic heterocycles. The molecule has 0 spiro atoms. The first-order valence-corrected chi connectivity index (χ1v) is 6.13. The van der Waals surface area contributed by atoms with Crippen LogP contribution in [0.3, 0.4) is 0 Å². The topological polar surface area (TPSA) is 58.2 Å². The van der Waals surface area contributed by atoms with E-state index in [1.807, 2.05) is 45.0 Å². The highest BCUT2D eigenvalue weighted by Crippen LogP contribution is 2.14. The predicted molar refractivity (Wildman–Crippen MR) is 73.6 cm³/mol. The molecular formula is C14H20N2O2. The minimum absolute atomic E-state index is 0.00489. The highest BCUT2D eigenvalue weighted by molar-refractivity contribution is 5.92. The van der Waals surface area contributed by atoms with Crippen molar-refractivity contribution in [3.05, 3.63) is 24.3 Å². The smallest absolute Gasteiger partial charge is 0.226 e. The lowest BCUT2D eigenvalue weighted by Crippen LogP contribution is -2.17. The van der Waals surface area contributed by atoms with E-state index in [1.54, 1.807) is 0 Å². The van der Waals surface area contributed by atoms with Crippen LogP contribution in [0.2, 0.25) is 0 Å². The number of aldehydes is 1. The molecule has 1 rings (SSSR count). The maximum Gasteiger partial charge on any atom is 0.226 e. The first-order chi connectivity index (χ1) is 8.52. The molecule has 0 aromatic heterocycles. The van der Waals surface area contributed by atoms with Gasteiger partial charge in [0.25, 0.3) is 0 Å². The number of carbonyl (C=O) groups is 2. The van der Waals surface area contributed by atoms with Gasteiger partial charge in [0.1, 0.15) is 6.29 Å². The second-order valence-corrected chi connectivity index (χ2v) is 4.72. The Morgan fingerprint density at radius 3 is 2.22 bits per heavy atom. The zero-order valence-corrected chi connectivity index (χ0v) is 11.1. The number of hydrogen-bond donors (Lipinski definition) is 2. The lowest BCUT2D eigenvalue weighted by Gasteiger charge is -2.10. The number of amides is 1. The van der Waals surface area contributed by atoms with Crippen LogP contribution in [-0.2, 0) is 9.59 Å². The second-order valence-electron chi connectivity index (χ2n) is 4.72. The molecule has 0 saturated heterocycles. The van der Waals surface area contributed by atoms with Crippen LogP contribution in [0.15, 0.2) is 24.3 Å². The van der Waals surface area contributed by atoms with Crippen molar-refractivity contribution in [1.82, 2.24) is 0 Å². The van der Waals surface area contributed by atoms with Gasteiger partial charge in [-0.25, -0.2) is 0 Å². The molecule has 0 aliphatic carbocycles. The molecule has 18 heavy (non-hydrogen) atoms. The summed E-state index contributed by atoms with van der Waals surface area (Å²) >= 11 is 0. The van der Waals surface area contributed by atoms with Gasteiger partial charge in [-0.3, -0.25) is 4.79 Å². The van der Waals surface area contributed by atoms with Gasteiger partial charge in [0.2, 0.25) is 5.91 Å². The van der Waals surface area contributed by atoms with Crippen LogP contribution in [0.5, 0.6) is 0 Å². The monoisotopic (exact) mass is 248 g/mol. The van der Waals surface area contributed by atoms with E-state index >= 15 is 0 Å². The maximum atomic E-state index is 11.5. The molecule has 0 aliphatic rings. The van der Waals surface area contributed by atoms with Gasteiger partial charge in [-0.1, -0.05) is 20.8 Å². The van der Waals surface area contributed by atoms with Crippen molar-refractivity contribution in [2.45, 2.75) is 20.8 Å². The average molecular weight is 248 g/mol. The predicted octanol–water partition coefficient (Wildman–Crippen LogP) is 2.53. The van der Waals surface area contributed by atoms with Crippen LogP contribution in [0, 0.1) is 11.8 Å². The van der Waals surface area contributed by atoms with E-state index in [2.05, 4.69) is 10.6 Å². The van der Waals surface area contributed by atoms with Crippen molar-refractivity contribution in [1.29, 1.82) is 0 Å². The fraction of sp³-hybridized carbons (Fsp3) is 0.429. The first-order valence-electron chi connectivity index (χ1n) is 6.13. The number of rotatable bonds is 6. The normalized spacial score (nSPS) is 12.0. The molecule has 0 bridgehead atoms. The Hall–Kier alpha value is -1.84. The van der Waals surface area contributed by atoms with Gasteiger partial charge < -0.3 is 15.4 Å². The molecule has 1 unspecified atom stereocenters. The summed E-state index contributed by atoms with van der Waals surface area (Å²) in [6, 6.07) is 7.45. The average Bonchev–Trinajstić information content (AvgIpc) is 2.37. The lowest BCUT2D eigenvalue weighted by atomic mass is 10.2. The minimum Gasteiger partial charge on any atom is -0.384 e. The molecule has 0 saturated carbocycles. The summed E-state index contributed by atoms with van der Waals surface area (Å²) in [4.78, 5) is 22.0. The van der Waals surface area contributed by atoms with Crippen LogP contribution in [0.4, 0.5) is 11.4 Å². The summed E-state index contributed by atoms with van der Waals surface area (Å²) in [6.07, 6.45) is 0.921. The summed E-state index contributed by atoms with van der Waals surface area (Å²) < 4.78 is 0. The highest BCUT2D eigenvalue weighted by Gasteiger charge is 2.06. The van der Waals surface area contributed by atoms with Crippen molar-refractivity contribution in [3.8, 4) is 0 Å². The maximum absolute atomic E-state index is 11.5. The van der Waals surface area contributed by atoms with Gasteiger partial charge in [-0.15, -0.1) is 0 Å². The van der Waals surface area contributed by atoms with E-state index in [-0.39, 0.29) is 17.7 Å². The number of benzene rings is 1. The Bertz CT molecular complexity index is 399. The van der Waals surface area contributed by atoms with Crippen LogP contribution >= 0.6 is 0 Å². The summed E-state index contributed by atoms with van der Waals surface area (Å²) in [7, 11) is 0. The van der Waals surface area contributed by atoms with E-state index < -0.39 is 0 Å². The fourth-order valence-electron chi connectivity index (χ4n) is 1.28. The molecule has 4 nitrogen and oxygen atoms in total. The van der Waals surface area contributed by atoms with Gasteiger partial charge in [0.15, 0.2) is 0 Å². The van der Waals surface area contributed by atoms with Gasteiger partial charge in [-0.05, 0) is 24.3 Å². The molecule has 0 fully saturated rings. The molecule has 2 N–H and O–H groups in total. The van der Waals surface area contributed by atoms with E-state index in [0.29, 0.717) is 6.54 Å². The van der Waals surface area contributed by atoms with Gasteiger partial charge >= 0.3 is 0 Å². The summed E-state index contributed by atoms with van der Waals surface area (Å²) in [6.45, 7) is 6.18. The van der Waals surface area contributed by atoms with Gasteiger partial charge in [0, 0.05) is 29.8 Å². The van der Waals surface area contributed by atoms with E-state index in [9.17, 15) is 9.59 Å². The number of nitrogens with one attached hydrogen (secondary N) is 2. The number of anilines is 2. The van der Waals surface area contributed by atoms with E-state index in [0.717, 1.165) is 17.7 Å². The molecular weight excluding hydrogens is 228 g/mol. The van der Waals surface area contributed by atoms with Crippen molar-refractivity contribution >= 4 is 23.6 Å². The third-order valence-electron chi connectivity index (χ3n) is 2.54. The Kier molecular flexibility index (Phi) is 5.36. The van der Waals surface area contributed by atoms with Crippen LogP contribution in [0.1, 0.15) is 20.8 Å². The summed E-state index contributed by atoms with van der Waals surface area (Å²) in [5, 5.41) is 5.98. The molecule has 1 aromatic carbocycles. The van der Waals surface area contributed by atoms with Gasteiger partial charge in [0.05, 0.1) is 0 Å². The van der Waals surface area contributed by atoms with E-state index in [4.69, 9.17) is 0 Å². The molecule has 1 amide bonds. The zero-order chi connectivity index (χ0) is 13.5. The zero-order valence-electron chi connectivity index (χ0n) is 11.1. The third kappa shape index (κ3) is 4.57. The number of hydrogen-bond acceptors (Lipinski definition) is 3. The van der Waals surface area contributed by atoms with Crippen LogP contribution in [0.25, 0.3) is 0 Å². The van der Waals surface area contributed by atoms with E-state index in [1.165, 1.54) is 0 Å². The van der Waals surface area contributed by atoms with Crippen molar-refractivity contribution in [3.63, 3.8) is 0 Å². The number of carbonyl (C=O) groups excluding carboxylic acids is 2. The lowest BCUT2D eigenvalue weighted by molar-refractivity contribution is -0.118. The summed E-state index contributed by atoms with van der Waals surface area (Å²) in [5.74, 6) is -0.0353. The van der Waals surface area contributed by atoms with Crippen molar-refractivity contribution in [2.24, 2.45) is 11.8 Å². The van der Waals surface area contributed by atoms with Crippen molar-refractivity contribution < 1.29 is 9.59 Å². The highest BCUT2D eigenvalue weighted by atomic mass is 16.1. The van der Waals surface area contributed by atoms with Crippen LogP contribution in [-0.4, -0.2) is 18.7 Å². The SMILES string of the molecule is CC(C=O)CNc1ccc(NC(=O)C(C)C)cc1.